The lowest BCUT2D eigenvalue weighted by Crippen LogP contribution is -2.42. The van der Waals surface area contributed by atoms with Crippen LogP contribution in [0, 0.1) is 11.6 Å². The molecule has 0 bridgehead atoms. The summed E-state index contributed by atoms with van der Waals surface area (Å²) in [5.41, 5.74) is -1.72. The molecule has 180 valence electrons. The predicted molar refractivity (Wildman–Crippen MR) is 114 cm³/mol. The van der Waals surface area contributed by atoms with Gasteiger partial charge in [-0.05, 0) is 36.8 Å². The number of Topliss-reactive ketones (excluding diaryl/α,β-unsaturated/α-hetero) is 1. The van der Waals surface area contributed by atoms with Crippen molar-refractivity contribution in [1.82, 2.24) is 14.5 Å². The van der Waals surface area contributed by atoms with Gasteiger partial charge in [-0.15, -0.1) is 0 Å². The molecule has 1 unspecified atom stereocenters. The largest absolute Gasteiger partial charge is 0.379 e. The van der Waals surface area contributed by atoms with Crippen LogP contribution in [0.2, 0.25) is 0 Å². The van der Waals surface area contributed by atoms with E-state index in [0.29, 0.717) is 29.7 Å². The van der Waals surface area contributed by atoms with E-state index < -0.39 is 57.0 Å². The number of halogens is 2. The van der Waals surface area contributed by atoms with Crippen molar-refractivity contribution in [2.24, 2.45) is 0 Å². The van der Waals surface area contributed by atoms with Crippen LogP contribution in [0.15, 0.2) is 47.4 Å². The fourth-order valence-corrected chi connectivity index (χ4v) is 5.28. The summed E-state index contributed by atoms with van der Waals surface area (Å²) in [6.07, 6.45) is 0. The van der Waals surface area contributed by atoms with E-state index in [2.05, 4.69) is 5.32 Å². The lowest BCUT2D eigenvalue weighted by atomic mass is 9.92. The number of nitrogens with one attached hydrogen (secondary N) is 1. The third kappa shape index (κ3) is 4.19. The van der Waals surface area contributed by atoms with Crippen molar-refractivity contribution >= 4 is 27.7 Å². The number of carbonyl (C=O) groups excluding carboxylic acids is 3. The Kier molecular flexibility index (Phi) is 6.23. The van der Waals surface area contributed by atoms with Gasteiger partial charge in [-0.1, -0.05) is 12.1 Å². The number of benzene rings is 2. The van der Waals surface area contributed by atoms with Crippen LogP contribution in [0.3, 0.4) is 0 Å². The van der Waals surface area contributed by atoms with E-state index in [9.17, 15) is 31.6 Å². The van der Waals surface area contributed by atoms with Crippen LogP contribution in [0.5, 0.6) is 0 Å². The number of ether oxygens (including phenoxy) is 1. The molecule has 0 saturated carbocycles. The molecule has 0 aromatic heterocycles. The molecular weight excluding hydrogens is 472 g/mol. The molecule has 0 radical (unpaired) electrons. The highest BCUT2D eigenvalue weighted by atomic mass is 32.2. The van der Waals surface area contributed by atoms with Gasteiger partial charge in [0.05, 0.1) is 30.2 Å². The first-order valence-electron chi connectivity index (χ1n) is 10.3. The number of hydrogen-bond donors (Lipinski definition) is 1. The number of imide groups is 1. The third-order valence-electron chi connectivity index (χ3n) is 5.85. The highest BCUT2D eigenvalue weighted by Gasteiger charge is 2.49. The Morgan fingerprint density at radius 3 is 2.35 bits per heavy atom. The van der Waals surface area contributed by atoms with E-state index in [1.165, 1.54) is 35.5 Å². The summed E-state index contributed by atoms with van der Waals surface area (Å²) in [6.45, 7) is 1.73. The predicted octanol–water partition coefficient (Wildman–Crippen LogP) is 1.64. The summed E-state index contributed by atoms with van der Waals surface area (Å²) in [4.78, 5) is 38.7. The Labute approximate surface area is 194 Å². The number of carbonyl (C=O) groups is 3. The Hall–Kier alpha value is -3.22. The Bertz CT molecular complexity index is 1260. The third-order valence-corrected chi connectivity index (χ3v) is 7.76. The molecular formula is C22H21F2N3O6S. The number of rotatable bonds is 6. The van der Waals surface area contributed by atoms with Crippen molar-refractivity contribution in [2.75, 3.05) is 32.8 Å². The quantitative estimate of drug-likeness (QED) is 0.484. The molecule has 2 fully saturated rings. The molecule has 2 aromatic rings. The molecule has 9 nitrogen and oxygen atoms in total. The molecule has 2 aliphatic rings. The number of ketones is 1. The van der Waals surface area contributed by atoms with Crippen LogP contribution in [0.1, 0.15) is 22.8 Å². The van der Waals surface area contributed by atoms with Crippen LogP contribution in [-0.2, 0) is 25.1 Å². The highest BCUT2D eigenvalue weighted by molar-refractivity contribution is 7.89. The van der Waals surface area contributed by atoms with Crippen molar-refractivity contribution in [3.8, 4) is 0 Å². The number of nitrogens with zero attached hydrogens (tertiary/aromatic N) is 2. The first-order valence-corrected chi connectivity index (χ1v) is 11.8. The maximum Gasteiger partial charge on any atom is 0.325 e. The Morgan fingerprint density at radius 1 is 1.09 bits per heavy atom. The number of amides is 3. The zero-order chi connectivity index (χ0) is 24.7. The molecule has 4 rings (SSSR count). The van der Waals surface area contributed by atoms with Crippen LogP contribution in [0.4, 0.5) is 13.6 Å². The van der Waals surface area contributed by atoms with Gasteiger partial charge in [-0.25, -0.2) is 22.0 Å². The lowest BCUT2D eigenvalue weighted by Gasteiger charge is -2.26. The second kappa shape index (κ2) is 8.85. The van der Waals surface area contributed by atoms with Gasteiger partial charge in [-0.2, -0.15) is 4.31 Å². The van der Waals surface area contributed by atoms with Gasteiger partial charge in [-0.3, -0.25) is 14.5 Å². The van der Waals surface area contributed by atoms with E-state index in [4.69, 9.17) is 4.74 Å². The zero-order valence-electron chi connectivity index (χ0n) is 18.1. The van der Waals surface area contributed by atoms with Gasteiger partial charge in [0.15, 0.2) is 5.78 Å². The fraction of sp³-hybridized carbons (Fsp3) is 0.318. The van der Waals surface area contributed by atoms with Crippen LogP contribution >= 0.6 is 0 Å². The first-order chi connectivity index (χ1) is 16.0. The Balaban J connectivity index is 1.54. The molecule has 0 spiro atoms. The minimum Gasteiger partial charge on any atom is -0.379 e. The average Bonchev–Trinajstić information content (AvgIpc) is 3.03. The molecule has 2 aromatic carbocycles. The van der Waals surface area contributed by atoms with Crippen molar-refractivity contribution in [1.29, 1.82) is 0 Å². The summed E-state index contributed by atoms with van der Waals surface area (Å²) in [6, 6.07) is 7.02. The number of morpholine rings is 1. The van der Waals surface area contributed by atoms with Gasteiger partial charge >= 0.3 is 6.03 Å². The highest BCUT2D eigenvalue weighted by Crippen LogP contribution is 2.30. The molecule has 1 atom stereocenters. The second-order valence-electron chi connectivity index (χ2n) is 8.03. The smallest absolute Gasteiger partial charge is 0.325 e. The van der Waals surface area contributed by atoms with Crippen LogP contribution in [0.25, 0.3) is 0 Å². The summed E-state index contributed by atoms with van der Waals surface area (Å²) in [5, 5.41) is 2.50. The van der Waals surface area contributed by atoms with Crippen LogP contribution in [-0.4, -0.2) is 68.2 Å². The van der Waals surface area contributed by atoms with Gasteiger partial charge in [0.1, 0.15) is 17.2 Å². The summed E-state index contributed by atoms with van der Waals surface area (Å²) in [5.74, 6) is -3.61. The van der Waals surface area contributed by atoms with Crippen LogP contribution < -0.4 is 5.32 Å². The first kappa shape index (κ1) is 23.9. The van der Waals surface area contributed by atoms with E-state index in [1.54, 1.807) is 0 Å². The van der Waals surface area contributed by atoms with Gasteiger partial charge in [0.25, 0.3) is 5.91 Å². The summed E-state index contributed by atoms with van der Waals surface area (Å²) < 4.78 is 59.1. The Morgan fingerprint density at radius 2 is 1.74 bits per heavy atom. The monoisotopic (exact) mass is 493 g/mol. The normalized spacial score (nSPS) is 21.6. The number of urea groups is 1. The van der Waals surface area contributed by atoms with E-state index in [1.807, 2.05) is 0 Å². The molecule has 2 heterocycles. The van der Waals surface area contributed by atoms with E-state index in [0.717, 1.165) is 12.1 Å². The average molecular weight is 493 g/mol. The molecule has 12 heteroatoms. The number of hydrogen-bond acceptors (Lipinski definition) is 6. The molecule has 3 amide bonds. The standard InChI is InChI=1S/C22H21F2N3O6S/c1-22(14-2-5-16(6-3-14)34(31,32)26-8-10-33-11-9-26)20(29)27(21(30)25-22)13-19(28)17-7-4-15(23)12-18(17)24/h2-7,12H,8-11,13H2,1H3,(H,25,30). The van der Waals surface area contributed by atoms with Gasteiger partial charge in [0, 0.05) is 19.2 Å². The lowest BCUT2D eigenvalue weighted by molar-refractivity contribution is -0.130. The molecule has 34 heavy (non-hydrogen) atoms. The minimum atomic E-state index is -3.75. The molecule has 0 aliphatic carbocycles. The van der Waals surface area contributed by atoms with Gasteiger partial charge in [0.2, 0.25) is 10.0 Å². The SMILES string of the molecule is CC1(c2ccc(S(=O)(=O)N3CCOCC3)cc2)NC(=O)N(CC(=O)c2ccc(F)cc2F)C1=O. The second-order valence-corrected chi connectivity index (χ2v) is 9.97. The molecule has 2 aliphatic heterocycles. The van der Waals surface area contributed by atoms with Crippen molar-refractivity contribution in [3.05, 3.63) is 65.2 Å². The maximum atomic E-state index is 13.9. The van der Waals surface area contributed by atoms with E-state index in [-0.39, 0.29) is 18.0 Å². The van der Waals surface area contributed by atoms with Crippen molar-refractivity contribution in [3.63, 3.8) is 0 Å². The summed E-state index contributed by atoms with van der Waals surface area (Å²) >= 11 is 0. The minimum absolute atomic E-state index is 0.0253. The van der Waals surface area contributed by atoms with Crippen molar-refractivity contribution < 1.29 is 36.3 Å². The molecule has 2 saturated heterocycles. The number of sulfonamides is 1. The van der Waals surface area contributed by atoms with E-state index >= 15 is 0 Å². The zero-order valence-corrected chi connectivity index (χ0v) is 18.9. The van der Waals surface area contributed by atoms with Crippen molar-refractivity contribution in [2.45, 2.75) is 17.4 Å². The maximum absolute atomic E-state index is 13.9. The molecule has 1 N–H and O–H groups in total. The topological polar surface area (TPSA) is 113 Å². The fourth-order valence-electron chi connectivity index (χ4n) is 3.88. The summed E-state index contributed by atoms with van der Waals surface area (Å²) in [7, 11) is -3.75. The van der Waals surface area contributed by atoms with Gasteiger partial charge < -0.3 is 10.1 Å².